The highest BCUT2D eigenvalue weighted by Crippen LogP contribution is 2.26. The van der Waals surface area contributed by atoms with Crippen molar-refractivity contribution in [1.82, 2.24) is 0 Å². The van der Waals surface area contributed by atoms with E-state index < -0.39 is 20.2 Å². The van der Waals surface area contributed by atoms with E-state index in [9.17, 15) is 23.3 Å². The van der Waals surface area contributed by atoms with Crippen LogP contribution >= 0.6 is 27.5 Å². The SMILES string of the molecule is O=C(Cl)c1cc(Br)ccc1NS(=O)(=O)c1ccc([N+](=O)[O-])cc1. The van der Waals surface area contributed by atoms with Crippen molar-refractivity contribution in [2.45, 2.75) is 4.90 Å². The number of nitro groups is 1. The molecule has 0 unspecified atom stereocenters. The fourth-order valence-corrected chi connectivity index (χ4v) is 3.32. The molecular formula is C13H8BrClN2O5S. The smallest absolute Gasteiger partial charge is 0.269 e. The van der Waals surface area contributed by atoms with Crippen LogP contribution in [0, 0.1) is 10.1 Å². The molecule has 0 atom stereocenters. The van der Waals surface area contributed by atoms with Gasteiger partial charge in [-0.2, -0.15) is 0 Å². The summed E-state index contributed by atoms with van der Waals surface area (Å²) in [5, 5.41) is 9.76. The van der Waals surface area contributed by atoms with E-state index in [1.165, 1.54) is 18.2 Å². The lowest BCUT2D eigenvalue weighted by atomic mass is 10.2. The molecule has 0 aliphatic rings. The van der Waals surface area contributed by atoms with Gasteiger partial charge in [-0.15, -0.1) is 0 Å². The second-order valence-corrected chi connectivity index (χ2v) is 7.26. The van der Waals surface area contributed by atoms with Crippen LogP contribution in [0.1, 0.15) is 10.4 Å². The van der Waals surface area contributed by atoms with E-state index in [0.717, 1.165) is 24.3 Å². The molecule has 2 aromatic carbocycles. The molecule has 0 bridgehead atoms. The Kier molecular flexibility index (Phi) is 5.03. The van der Waals surface area contributed by atoms with E-state index in [1.807, 2.05) is 0 Å². The van der Waals surface area contributed by atoms with Crippen molar-refractivity contribution in [2.75, 3.05) is 4.72 Å². The number of benzene rings is 2. The Morgan fingerprint density at radius 3 is 2.30 bits per heavy atom. The van der Waals surface area contributed by atoms with Gasteiger partial charge in [0, 0.05) is 16.6 Å². The number of hydrogen-bond donors (Lipinski definition) is 1. The maximum absolute atomic E-state index is 12.3. The van der Waals surface area contributed by atoms with Gasteiger partial charge in [-0.3, -0.25) is 19.6 Å². The maximum Gasteiger partial charge on any atom is 0.269 e. The van der Waals surface area contributed by atoms with Crippen molar-refractivity contribution >= 4 is 54.2 Å². The Morgan fingerprint density at radius 2 is 1.78 bits per heavy atom. The van der Waals surface area contributed by atoms with Gasteiger partial charge in [0.1, 0.15) is 0 Å². The summed E-state index contributed by atoms with van der Waals surface area (Å²) in [6.07, 6.45) is 0. The van der Waals surface area contributed by atoms with E-state index in [-0.39, 0.29) is 21.8 Å². The number of nitro benzene ring substituents is 1. The third-order valence-corrected chi connectivity index (χ3v) is 4.87. The van der Waals surface area contributed by atoms with Crippen LogP contribution < -0.4 is 4.72 Å². The lowest BCUT2D eigenvalue weighted by molar-refractivity contribution is -0.384. The molecule has 23 heavy (non-hydrogen) atoms. The molecule has 120 valence electrons. The first kappa shape index (κ1) is 17.4. The number of sulfonamides is 1. The number of non-ortho nitro benzene ring substituents is 1. The second kappa shape index (κ2) is 6.65. The molecule has 7 nitrogen and oxygen atoms in total. The normalized spacial score (nSPS) is 11.0. The van der Waals surface area contributed by atoms with Gasteiger partial charge in [0.25, 0.3) is 21.0 Å². The van der Waals surface area contributed by atoms with Crippen LogP contribution in [0.3, 0.4) is 0 Å². The van der Waals surface area contributed by atoms with E-state index in [1.54, 1.807) is 0 Å². The fraction of sp³-hybridized carbons (Fsp3) is 0. The van der Waals surface area contributed by atoms with Crippen LogP contribution in [0.2, 0.25) is 0 Å². The minimum Gasteiger partial charge on any atom is -0.279 e. The van der Waals surface area contributed by atoms with Crippen LogP contribution in [0.15, 0.2) is 51.8 Å². The van der Waals surface area contributed by atoms with Crippen molar-refractivity contribution in [3.63, 3.8) is 0 Å². The number of carbonyl (C=O) groups is 1. The van der Waals surface area contributed by atoms with E-state index in [4.69, 9.17) is 11.6 Å². The first-order valence-corrected chi connectivity index (χ1v) is 8.63. The average molecular weight is 420 g/mol. The van der Waals surface area contributed by atoms with Gasteiger partial charge >= 0.3 is 0 Å². The highest BCUT2D eigenvalue weighted by Gasteiger charge is 2.19. The first-order valence-electron chi connectivity index (χ1n) is 5.97. The summed E-state index contributed by atoms with van der Waals surface area (Å²) in [6, 6.07) is 8.64. The Bertz CT molecular complexity index is 884. The fourth-order valence-electron chi connectivity index (χ4n) is 1.72. The lowest BCUT2D eigenvalue weighted by Gasteiger charge is -2.11. The molecule has 2 rings (SSSR count). The zero-order valence-corrected chi connectivity index (χ0v) is 14.4. The van der Waals surface area contributed by atoms with Crippen LogP contribution in [-0.2, 0) is 10.0 Å². The summed E-state index contributed by atoms with van der Waals surface area (Å²) < 4.78 is 27.4. The molecule has 1 N–H and O–H groups in total. The van der Waals surface area contributed by atoms with Crippen molar-refractivity contribution in [2.24, 2.45) is 0 Å². The predicted molar refractivity (Wildman–Crippen MR) is 88.2 cm³/mol. The number of nitrogens with one attached hydrogen (secondary N) is 1. The third kappa shape index (κ3) is 4.06. The van der Waals surface area contributed by atoms with Gasteiger partial charge in [-0.05, 0) is 41.9 Å². The largest absolute Gasteiger partial charge is 0.279 e. The number of halogens is 2. The third-order valence-electron chi connectivity index (χ3n) is 2.80. The summed E-state index contributed by atoms with van der Waals surface area (Å²) in [6.45, 7) is 0. The molecule has 0 fully saturated rings. The maximum atomic E-state index is 12.3. The van der Waals surface area contributed by atoms with Gasteiger partial charge < -0.3 is 0 Å². The van der Waals surface area contributed by atoms with E-state index in [2.05, 4.69) is 20.7 Å². The van der Waals surface area contributed by atoms with Gasteiger partial charge in [-0.1, -0.05) is 15.9 Å². The minimum atomic E-state index is -4.02. The highest BCUT2D eigenvalue weighted by molar-refractivity contribution is 9.10. The number of anilines is 1. The zero-order valence-electron chi connectivity index (χ0n) is 11.2. The van der Waals surface area contributed by atoms with Crippen LogP contribution in [0.5, 0.6) is 0 Å². The quantitative estimate of drug-likeness (QED) is 0.453. The molecule has 0 spiro atoms. The number of carbonyl (C=O) groups excluding carboxylic acids is 1. The van der Waals surface area contributed by atoms with Crippen molar-refractivity contribution in [1.29, 1.82) is 0 Å². The van der Waals surface area contributed by atoms with Gasteiger partial charge in [-0.25, -0.2) is 8.42 Å². The summed E-state index contributed by atoms with van der Waals surface area (Å²) in [7, 11) is -4.02. The number of nitrogens with zero attached hydrogens (tertiary/aromatic N) is 1. The van der Waals surface area contributed by atoms with Gasteiger partial charge in [0.2, 0.25) is 0 Å². The number of hydrogen-bond acceptors (Lipinski definition) is 5. The Labute approximate surface area is 144 Å². The van der Waals surface area contributed by atoms with Crippen molar-refractivity contribution in [3.05, 3.63) is 62.6 Å². The molecule has 0 saturated carbocycles. The lowest BCUT2D eigenvalue weighted by Crippen LogP contribution is -2.15. The Morgan fingerprint density at radius 1 is 1.17 bits per heavy atom. The summed E-state index contributed by atoms with van der Waals surface area (Å²) >= 11 is 8.60. The monoisotopic (exact) mass is 418 g/mol. The predicted octanol–water partition coefficient (Wildman–Crippen LogP) is 3.54. The molecule has 0 saturated heterocycles. The van der Waals surface area contributed by atoms with E-state index in [0.29, 0.717) is 4.47 Å². The molecule has 2 aromatic rings. The molecule has 0 heterocycles. The Balaban J connectivity index is 2.39. The Hall–Kier alpha value is -1.97. The highest BCUT2D eigenvalue weighted by atomic mass is 79.9. The molecule has 0 amide bonds. The molecule has 10 heteroatoms. The standard InChI is InChI=1S/C13H8BrClN2O5S/c14-8-1-6-12(11(7-8)13(15)18)16-23(21,22)10-4-2-9(3-5-10)17(19)20/h1-7,16H. The number of rotatable bonds is 5. The summed E-state index contributed by atoms with van der Waals surface area (Å²) in [5.41, 5.74) is -0.248. The second-order valence-electron chi connectivity index (χ2n) is 4.32. The van der Waals surface area contributed by atoms with Crippen molar-refractivity contribution in [3.8, 4) is 0 Å². The summed E-state index contributed by atoms with van der Waals surface area (Å²) in [5.74, 6) is 0. The van der Waals surface area contributed by atoms with Crippen molar-refractivity contribution < 1.29 is 18.1 Å². The van der Waals surface area contributed by atoms with Crippen LogP contribution in [-0.4, -0.2) is 18.6 Å². The van der Waals surface area contributed by atoms with E-state index >= 15 is 0 Å². The average Bonchev–Trinajstić information content (AvgIpc) is 2.48. The first-order chi connectivity index (χ1) is 10.7. The summed E-state index contributed by atoms with van der Waals surface area (Å²) in [4.78, 5) is 21.2. The van der Waals surface area contributed by atoms with Gasteiger partial charge in [0.05, 0.1) is 21.1 Å². The minimum absolute atomic E-state index is 0.00607. The topological polar surface area (TPSA) is 106 Å². The molecule has 0 radical (unpaired) electrons. The van der Waals surface area contributed by atoms with Crippen LogP contribution in [0.4, 0.5) is 11.4 Å². The molecule has 0 aromatic heterocycles. The molecule has 0 aliphatic heterocycles. The van der Waals surface area contributed by atoms with Gasteiger partial charge in [0.15, 0.2) is 0 Å². The zero-order chi connectivity index (χ0) is 17.2. The molecular weight excluding hydrogens is 412 g/mol. The molecule has 0 aliphatic carbocycles. The van der Waals surface area contributed by atoms with Crippen LogP contribution in [0.25, 0.3) is 0 Å².